The molecule has 2 aromatic carbocycles. The van der Waals surface area contributed by atoms with Gasteiger partial charge in [-0.25, -0.2) is 14.4 Å². The number of aromatic nitrogens is 3. The summed E-state index contributed by atoms with van der Waals surface area (Å²) in [5.41, 5.74) is 2.94. The Balaban J connectivity index is 1.63. The molecule has 0 bridgehead atoms. The van der Waals surface area contributed by atoms with Gasteiger partial charge in [-0.05, 0) is 29.8 Å². The van der Waals surface area contributed by atoms with Crippen molar-refractivity contribution in [2.75, 3.05) is 12.4 Å². The summed E-state index contributed by atoms with van der Waals surface area (Å²) in [7, 11) is 1.64. The number of benzene rings is 2. The van der Waals surface area contributed by atoms with Crippen molar-refractivity contribution in [3.05, 3.63) is 78.5 Å². The van der Waals surface area contributed by atoms with Gasteiger partial charge >= 0.3 is 0 Å². The number of anilines is 1. The lowest BCUT2D eigenvalue weighted by Crippen LogP contribution is -2.04. The average molecular weight is 348 g/mol. The predicted octanol–water partition coefficient (Wildman–Crippen LogP) is 4.16. The number of nitrogens with one attached hydrogen (secondary N) is 1. The van der Waals surface area contributed by atoms with E-state index >= 15 is 0 Å². The second kappa shape index (κ2) is 6.84. The van der Waals surface area contributed by atoms with Crippen LogP contribution in [0.3, 0.4) is 0 Å². The van der Waals surface area contributed by atoms with Crippen molar-refractivity contribution in [2.24, 2.45) is 0 Å². The van der Waals surface area contributed by atoms with E-state index in [4.69, 9.17) is 4.74 Å². The quantitative estimate of drug-likeness (QED) is 0.588. The van der Waals surface area contributed by atoms with E-state index < -0.39 is 0 Å². The summed E-state index contributed by atoms with van der Waals surface area (Å²) in [4.78, 5) is 8.80. The maximum absolute atomic E-state index is 14.1. The number of methoxy groups -OCH3 is 1. The van der Waals surface area contributed by atoms with E-state index in [9.17, 15) is 4.39 Å². The van der Waals surface area contributed by atoms with E-state index in [2.05, 4.69) is 15.3 Å². The second-order valence-electron chi connectivity index (χ2n) is 5.79. The van der Waals surface area contributed by atoms with Crippen LogP contribution < -0.4 is 10.1 Å². The van der Waals surface area contributed by atoms with Gasteiger partial charge in [-0.15, -0.1) is 0 Å². The minimum absolute atomic E-state index is 0.279. The minimum atomic E-state index is -0.279. The molecule has 5 nitrogen and oxygen atoms in total. The van der Waals surface area contributed by atoms with Crippen molar-refractivity contribution in [3.63, 3.8) is 0 Å². The monoisotopic (exact) mass is 348 g/mol. The third-order valence-corrected chi connectivity index (χ3v) is 4.20. The summed E-state index contributed by atoms with van der Waals surface area (Å²) in [6.07, 6.45) is 5.12. The van der Waals surface area contributed by atoms with Crippen molar-refractivity contribution in [1.82, 2.24) is 14.4 Å². The zero-order chi connectivity index (χ0) is 17.9. The lowest BCUT2D eigenvalue weighted by Gasteiger charge is -2.09. The van der Waals surface area contributed by atoms with Crippen LogP contribution in [0.5, 0.6) is 5.75 Å². The Labute approximate surface area is 150 Å². The molecule has 4 rings (SSSR count). The van der Waals surface area contributed by atoms with Crippen molar-refractivity contribution in [3.8, 4) is 17.0 Å². The Morgan fingerprint density at radius 3 is 2.65 bits per heavy atom. The van der Waals surface area contributed by atoms with Crippen LogP contribution in [-0.4, -0.2) is 21.5 Å². The summed E-state index contributed by atoms with van der Waals surface area (Å²) >= 11 is 0. The number of hydrogen-bond donors (Lipinski definition) is 1. The molecule has 0 spiro atoms. The number of imidazole rings is 1. The Bertz CT molecular complexity index is 1040. The molecule has 0 saturated heterocycles. The highest BCUT2D eigenvalue weighted by Crippen LogP contribution is 2.25. The van der Waals surface area contributed by atoms with Gasteiger partial charge in [-0.1, -0.05) is 24.3 Å². The topological polar surface area (TPSA) is 51.5 Å². The first-order chi connectivity index (χ1) is 12.8. The second-order valence-corrected chi connectivity index (χ2v) is 5.79. The molecule has 6 heteroatoms. The van der Waals surface area contributed by atoms with Crippen LogP contribution in [0.15, 0.2) is 67.1 Å². The van der Waals surface area contributed by atoms with Gasteiger partial charge in [0.1, 0.15) is 11.6 Å². The Hall–Kier alpha value is -3.41. The molecule has 130 valence electrons. The highest BCUT2D eigenvalue weighted by atomic mass is 19.1. The molecule has 2 heterocycles. The van der Waals surface area contributed by atoms with E-state index in [-0.39, 0.29) is 5.82 Å². The lowest BCUT2D eigenvalue weighted by atomic mass is 10.1. The van der Waals surface area contributed by atoms with Crippen LogP contribution >= 0.6 is 0 Å². The first-order valence-electron chi connectivity index (χ1n) is 8.20. The molecule has 0 amide bonds. The van der Waals surface area contributed by atoms with Gasteiger partial charge in [0.25, 0.3) is 0 Å². The predicted molar refractivity (Wildman–Crippen MR) is 98.7 cm³/mol. The molecule has 0 aliphatic rings. The van der Waals surface area contributed by atoms with Crippen molar-refractivity contribution in [2.45, 2.75) is 6.54 Å². The molecular formula is C20H17FN4O. The van der Waals surface area contributed by atoms with Gasteiger partial charge in [0.05, 0.1) is 19.0 Å². The van der Waals surface area contributed by atoms with E-state index in [1.165, 1.54) is 6.07 Å². The molecule has 0 saturated carbocycles. The highest BCUT2D eigenvalue weighted by Gasteiger charge is 2.12. The average Bonchev–Trinajstić information content (AvgIpc) is 3.12. The van der Waals surface area contributed by atoms with Crippen LogP contribution in [0.25, 0.3) is 16.9 Å². The summed E-state index contributed by atoms with van der Waals surface area (Å²) < 4.78 is 21.1. The van der Waals surface area contributed by atoms with Crippen LogP contribution in [0.2, 0.25) is 0 Å². The van der Waals surface area contributed by atoms with Gasteiger partial charge in [-0.3, -0.25) is 4.40 Å². The van der Waals surface area contributed by atoms with Crippen molar-refractivity contribution in [1.29, 1.82) is 0 Å². The Morgan fingerprint density at radius 1 is 1.08 bits per heavy atom. The number of hydrogen-bond acceptors (Lipinski definition) is 4. The number of fused-ring (bicyclic) bond motifs is 1. The number of rotatable bonds is 5. The first-order valence-corrected chi connectivity index (χ1v) is 8.20. The first kappa shape index (κ1) is 16.1. The lowest BCUT2D eigenvalue weighted by molar-refractivity contribution is 0.414. The zero-order valence-corrected chi connectivity index (χ0v) is 14.2. The summed E-state index contributed by atoms with van der Waals surface area (Å²) in [5, 5.41) is 3.29. The fraction of sp³-hybridized carbons (Fsp3) is 0.100. The zero-order valence-electron chi connectivity index (χ0n) is 14.2. The van der Waals surface area contributed by atoms with Gasteiger partial charge in [0.15, 0.2) is 11.5 Å². The number of ether oxygens (including phenoxy) is 1. The van der Waals surface area contributed by atoms with Crippen molar-refractivity contribution >= 4 is 11.5 Å². The molecule has 1 N–H and O–H groups in total. The Kier molecular flexibility index (Phi) is 4.23. The Morgan fingerprint density at radius 2 is 1.88 bits per heavy atom. The summed E-state index contributed by atoms with van der Waals surface area (Å²) in [6.45, 7) is 0.596. The third kappa shape index (κ3) is 2.97. The van der Waals surface area contributed by atoms with Crippen LogP contribution in [-0.2, 0) is 6.54 Å². The molecule has 4 aromatic rings. The summed E-state index contributed by atoms with van der Waals surface area (Å²) in [5.74, 6) is 1.18. The molecule has 0 radical (unpaired) electrons. The van der Waals surface area contributed by atoms with Crippen LogP contribution in [0.4, 0.5) is 10.2 Å². The molecule has 2 aromatic heterocycles. The van der Waals surface area contributed by atoms with Crippen molar-refractivity contribution < 1.29 is 9.13 Å². The van der Waals surface area contributed by atoms with Gasteiger partial charge in [-0.2, -0.15) is 0 Å². The van der Waals surface area contributed by atoms with E-state index in [0.717, 1.165) is 11.3 Å². The number of halogens is 1. The van der Waals surface area contributed by atoms with Gasteiger partial charge < -0.3 is 10.1 Å². The van der Waals surface area contributed by atoms with Gasteiger partial charge in [0, 0.05) is 24.5 Å². The largest absolute Gasteiger partial charge is 0.497 e. The smallest absolute Gasteiger partial charge is 0.180 e. The third-order valence-electron chi connectivity index (χ3n) is 4.20. The molecular weight excluding hydrogens is 331 g/mol. The maximum atomic E-state index is 14.1. The minimum Gasteiger partial charge on any atom is -0.497 e. The fourth-order valence-corrected chi connectivity index (χ4v) is 2.84. The fourth-order valence-electron chi connectivity index (χ4n) is 2.84. The SMILES string of the molecule is COc1ccc(CNc2nccn3c(-c4ccccc4F)cnc23)cc1. The molecule has 0 aliphatic heterocycles. The molecule has 26 heavy (non-hydrogen) atoms. The molecule has 0 fully saturated rings. The normalized spacial score (nSPS) is 10.8. The standard InChI is InChI=1S/C20H17FN4O/c1-26-15-8-6-14(7-9-15)12-23-19-20-24-13-18(25(20)11-10-22-19)16-4-2-3-5-17(16)21/h2-11,13H,12H2,1H3,(H,22,23). The van der Waals surface area contributed by atoms with Gasteiger partial charge in [0.2, 0.25) is 0 Å². The highest BCUT2D eigenvalue weighted by molar-refractivity contribution is 5.70. The van der Waals surface area contributed by atoms with E-state index in [0.29, 0.717) is 29.3 Å². The maximum Gasteiger partial charge on any atom is 0.180 e. The van der Waals surface area contributed by atoms with Crippen LogP contribution in [0.1, 0.15) is 5.56 Å². The van der Waals surface area contributed by atoms with E-state index in [1.54, 1.807) is 37.8 Å². The molecule has 0 atom stereocenters. The number of nitrogens with zero attached hydrogens (tertiary/aromatic N) is 3. The van der Waals surface area contributed by atoms with Crippen LogP contribution in [0, 0.1) is 5.82 Å². The molecule has 0 unspecified atom stereocenters. The summed E-state index contributed by atoms with van der Waals surface area (Å²) in [6, 6.07) is 14.5. The van der Waals surface area contributed by atoms with E-state index in [1.807, 2.05) is 34.7 Å². The molecule has 0 aliphatic carbocycles.